The topological polar surface area (TPSA) is 107 Å². The lowest BCUT2D eigenvalue weighted by Crippen LogP contribution is -2.34. The highest BCUT2D eigenvalue weighted by atomic mass is 32.2. The average molecular weight is 406 g/mol. The Bertz CT molecular complexity index is 1040. The van der Waals surface area contributed by atoms with Crippen molar-refractivity contribution in [3.63, 3.8) is 0 Å². The van der Waals surface area contributed by atoms with Crippen LogP contribution in [0.4, 0.5) is 5.69 Å². The standard InChI is InChI=1S/C17H18N4O4S2/c1-17(2,15(22)18-13-7-5-4-6-8-13)26-16-20-19-14(12-9-10-25-11-12)21(16)27(3,23)24/h4-11H,1-3H3,(H,18,22). The summed E-state index contributed by atoms with van der Waals surface area (Å²) >= 11 is 1.01. The minimum Gasteiger partial charge on any atom is -0.472 e. The van der Waals surface area contributed by atoms with Crippen LogP contribution in [0.2, 0.25) is 0 Å². The van der Waals surface area contributed by atoms with E-state index in [4.69, 9.17) is 4.42 Å². The van der Waals surface area contributed by atoms with Gasteiger partial charge in [-0.15, -0.1) is 10.2 Å². The Balaban J connectivity index is 1.91. The molecule has 142 valence electrons. The molecular weight excluding hydrogens is 388 g/mol. The number of nitrogens with one attached hydrogen (secondary N) is 1. The third-order valence-electron chi connectivity index (χ3n) is 3.63. The summed E-state index contributed by atoms with van der Waals surface area (Å²) < 4.78 is 29.6. The number of aromatic nitrogens is 3. The van der Waals surface area contributed by atoms with Gasteiger partial charge in [0, 0.05) is 5.69 Å². The molecule has 0 saturated carbocycles. The number of carbonyl (C=O) groups excluding carboxylic acids is 1. The van der Waals surface area contributed by atoms with E-state index >= 15 is 0 Å². The van der Waals surface area contributed by atoms with E-state index in [0.29, 0.717) is 11.3 Å². The number of thioether (sulfide) groups is 1. The molecule has 8 nitrogen and oxygen atoms in total. The zero-order chi connectivity index (χ0) is 19.7. The summed E-state index contributed by atoms with van der Waals surface area (Å²) in [5, 5.41) is 10.9. The molecule has 27 heavy (non-hydrogen) atoms. The molecule has 0 aliphatic carbocycles. The van der Waals surface area contributed by atoms with E-state index in [1.165, 1.54) is 12.5 Å². The minimum absolute atomic E-state index is 0.0990. The molecule has 2 aromatic heterocycles. The van der Waals surface area contributed by atoms with E-state index in [9.17, 15) is 13.2 Å². The van der Waals surface area contributed by atoms with Gasteiger partial charge in [-0.05, 0) is 32.0 Å². The third kappa shape index (κ3) is 4.22. The van der Waals surface area contributed by atoms with Gasteiger partial charge in [-0.3, -0.25) is 4.79 Å². The molecule has 0 aliphatic heterocycles. The van der Waals surface area contributed by atoms with Crippen LogP contribution in [0.3, 0.4) is 0 Å². The first kappa shape index (κ1) is 19.2. The maximum Gasteiger partial charge on any atom is 0.240 e. The maximum absolute atomic E-state index is 12.7. The van der Waals surface area contributed by atoms with Crippen LogP contribution in [0.1, 0.15) is 13.8 Å². The summed E-state index contributed by atoms with van der Waals surface area (Å²) in [6, 6.07) is 10.6. The van der Waals surface area contributed by atoms with Crippen LogP contribution in [0.15, 0.2) is 58.5 Å². The van der Waals surface area contributed by atoms with Gasteiger partial charge in [0.2, 0.25) is 21.1 Å². The minimum atomic E-state index is -3.71. The van der Waals surface area contributed by atoms with Crippen LogP contribution in [-0.2, 0) is 14.8 Å². The monoisotopic (exact) mass is 406 g/mol. The number of anilines is 1. The van der Waals surface area contributed by atoms with Gasteiger partial charge in [0.05, 0.1) is 22.8 Å². The predicted molar refractivity (Wildman–Crippen MR) is 103 cm³/mol. The Hall–Kier alpha value is -2.59. The number of hydrogen-bond acceptors (Lipinski definition) is 7. The van der Waals surface area contributed by atoms with Gasteiger partial charge in [0.15, 0.2) is 5.82 Å². The summed E-state index contributed by atoms with van der Waals surface area (Å²) in [6.45, 7) is 3.38. The molecule has 0 atom stereocenters. The molecule has 2 heterocycles. The second kappa shape index (κ2) is 7.20. The van der Waals surface area contributed by atoms with Crippen LogP contribution < -0.4 is 5.32 Å². The molecule has 10 heteroatoms. The largest absolute Gasteiger partial charge is 0.472 e. The molecule has 1 amide bonds. The first-order valence-electron chi connectivity index (χ1n) is 7.92. The highest BCUT2D eigenvalue weighted by molar-refractivity contribution is 8.01. The Morgan fingerprint density at radius 1 is 1.19 bits per heavy atom. The highest BCUT2D eigenvalue weighted by Crippen LogP contribution is 2.35. The van der Waals surface area contributed by atoms with Crippen LogP contribution in [0, 0.1) is 0 Å². The van der Waals surface area contributed by atoms with Gasteiger partial charge in [0.25, 0.3) is 0 Å². The Morgan fingerprint density at radius 2 is 1.89 bits per heavy atom. The molecule has 0 unspecified atom stereocenters. The highest BCUT2D eigenvalue weighted by Gasteiger charge is 2.34. The van der Waals surface area contributed by atoms with Crippen molar-refractivity contribution in [2.45, 2.75) is 23.8 Å². The van der Waals surface area contributed by atoms with E-state index < -0.39 is 14.8 Å². The molecule has 0 spiro atoms. The van der Waals surface area contributed by atoms with E-state index in [2.05, 4.69) is 15.5 Å². The number of benzene rings is 1. The maximum atomic E-state index is 12.7. The number of nitrogens with zero attached hydrogens (tertiary/aromatic N) is 3. The molecule has 0 fully saturated rings. The smallest absolute Gasteiger partial charge is 0.240 e. The van der Waals surface area contributed by atoms with Crippen molar-refractivity contribution in [3.05, 3.63) is 48.9 Å². The third-order valence-corrected chi connectivity index (χ3v) is 5.90. The lowest BCUT2D eigenvalue weighted by atomic mass is 10.2. The molecule has 1 aromatic carbocycles. The number of furan rings is 1. The van der Waals surface area contributed by atoms with Crippen molar-refractivity contribution in [2.24, 2.45) is 0 Å². The fourth-order valence-corrected chi connectivity index (χ4v) is 4.41. The Labute approximate surface area is 161 Å². The van der Waals surface area contributed by atoms with Crippen molar-refractivity contribution in [1.29, 1.82) is 0 Å². The van der Waals surface area contributed by atoms with Crippen LogP contribution in [-0.4, -0.2) is 39.5 Å². The molecule has 1 N–H and O–H groups in total. The molecule has 3 rings (SSSR count). The van der Waals surface area contributed by atoms with Gasteiger partial charge in [0.1, 0.15) is 6.26 Å². The number of para-hydroxylation sites is 1. The summed E-state index contributed by atoms with van der Waals surface area (Å²) in [7, 11) is -3.71. The van der Waals surface area contributed by atoms with E-state index in [0.717, 1.165) is 22.0 Å². The first-order chi connectivity index (χ1) is 12.7. The Morgan fingerprint density at radius 3 is 2.48 bits per heavy atom. The molecule has 0 saturated heterocycles. The summed E-state index contributed by atoms with van der Waals surface area (Å²) in [5.41, 5.74) is 1.13. The lowest BCUT2D eigenvalue weighted by Gasteiger charge is -2.22. The van der Waals surface area contributed by atoms with E-state index in [1.807, 2.05) is 18.2 Å². The molecule has 3 aromatic rings. The fourth-order valence-electron chi connectivity index (χ4n) is 2.27. The zero-order valence-corrected chi connectivity index (χ0v) is 16.5. The fraction of sp³-hybridized carbons (Fsp3) is 0.235. The summed E-state index contributed by atoms with van der Waals surface area (Å²) in [6.07, 6.45) is 3.86. The van der Waals surface area contributed by atoms with Gasteiger partial charge in [-0.2, -0.15) is 3.97 Å². The van der Waals surface area contributed by atoms with Gasteiger partial charge < -0.3 is 9.73 Å². The number of amides is 1. The zero-order valence-electron chi connectivity index (χ0n) is 14.9. The van der Waals surface area contributed by atoms with Gasteiger partial charge in [-0.1, -0.05) is 30.0 Å². The normalized spacial score (nSPS) is 12.1. The van der Waals surface area contributed by atoms with Crippen LogP contribution in [0.25, 0.3) is 11.4 Å². The molecule has 0 aliphatic rings. The second-order valence-corrected chi connectivity index (χ2v) is 9.70. The molecular formula is C17H18N4O4S2. The van der Waals surface area contributed by atoms with Gasteiger partial charge in [-0.25, -0.2) is 8.42 Å². The molecule has 0 radical (unpaired) electrons. The van der Waals surface area contributed by atoms with E-state index in [1.54, 1.807) is 32.0 Å². The summed E-state index contributed by atoms with van der Waals surface area (Å²) in [5.74, 6) is -0.153. The van der Waals surface area contributed by atoms with Crippen LogP contribution in [0.5, 0.6) is 0 Å². The number of rotatable bonds is 6. The quantitative estimate of drug-likeness (QED) is 0.627. The number of hydrogen-bond donors (Lipinski definition) is 1. The van der Waals surface area contributed by atoms with Gasteiger partial charge >= 0.3 is 0 Å². The summed E-state index contributed by atoms with van der Waals surface area (Å²) in [4.78, 5) is 12.7. The predicted octanol–water partition coefficient (Wildman–Crippen LogP) is 2.86. The Kier molecular flexibility index (Phi) is 5.11. The van der Waals surface area contributed by atoms with Crippen molar-refractivity contribution >= 4 is 33.4 Å². The van der Waals surface area contributed by atoms with Crippen molar-refractivity contribution in [1.82, 2.24) is 14.2 Å². The van der Waals surface area contributed by atoms with E-state index in [-0.39, 0.29) is 16.9 Å². The average Bonchev–Trinajstić information content (AvgIpc) is 3.24. The second-order valence-electron chi connectivity index (χ2n) is 6.28. The molecule has 0 bridgehead atoms. The number of carbonyl (C=O) groups is 1. The van der Waals surface area contributed by atoms with Crippen LogP contribution >= 0.6 is 11.8 Å². The van der Waals surface area contributed by atoms with Crippen molar-refractivity contribution < 1.29 is 17.6 Å². The van der Waals surface area contributed by atoms with Crippen molar-refractivity contribution in [2.75, 3.05) is 11.6 Å². The van der Waals surface area contributed by atoms with Crippen molar-refractivity contribution in [3.8, 4) is 11.4 Å². The first-order valence-corrected chi connectivity index (χ1v) is 10.6. The SMILES string of the molecule is CC(C)(Sc1nnc(-c2ccoc2)n1S(C)(=O)=O)C(=O)Nc1ccccc1. The lowest BCUT2D eigenvalue weighted by molar-refractivity contribution is -0.117.